The molecule has 0 atom stereocenters. The highest BCUT2D eigenvalue weighted by Crippen LogP contribution is 2.34. The highest BCUT2D eigenvalue weighted by Gasteiger charge is 2.29. The van der Waals surface area contributed by atoms with Crippen LogP contribution in [0, 0.1) is 0 Å². The average Bonchev–Trinajstić information content (AvgIpc) is 2.74. The van der Waals surface area contributed by atoms with Crippen molar-refractivity contribution in [1.82, 2.24) is 20.4 Å². The first-order chi connectivity index (χ1) is 14.7. The van der Waals surface area contributed by atoms with Crippen molar-refractivity contribution in [2.45, 2.75) is 24.8 Å². The summed E-state index contributed by atoms with van der Waals surface area (Å²) < 4.78 is 0. The number of hydrogen-bond acceptors (Lipinski definition) is 6. The fourth-order valence-electron chi connectivity index (χ4n) is 4.52. The van der Waals surface area contributed by atoms with Crippen LogP contribution in [0.3, 0.4) is 0 Å². The Balaban J connectivity index is 0.00000231. The molecule has 2 aliphatic heterocycles. The molecule has 3 heterocycles. The minimum atomic E-state index is 0. The molecule has 0 spiro atoms. The van der Waals surface area contributed by atoms with Gasteiger partial charge in [-0.15, -0.1) is 22.6 Å². The maximum absolute atomic E-state index is 10.1. The van der Waals surface area contributed by atoms with Crippen LogP contribution in [0.1, 0.15) is 24.3 Å². The van der Waals surface area contributed by atoms with Crippen LogP contribution in [-0.2, 0) is 0 Å². The number of aromatic nitrogens is 2. The fourth-order valence-corrected chi connectivity index (χ4v) is 4.52. The largest absolute Gasteiger partial charge is 0.507 e. The van der Waals surface area contributed by atoms with Crippen LogP contribution < -0.4 is 11.1 Å². The Bertz CT molecular complexity index is 1030. The zero-order valence-electron chi connectivity index (χ0n) is 17.4. The van der Waals surface area contributed by atoms with E-state index in [-0.39, 0.29) is 18.2 Å². The lowest BCUT2D eigenvalue weighted by Gasteiger charge is -2.42. The van der Waals surface area contributed by atoms with Gasteiger partial charge in [-0.1, -0.05) is 36.4 Å². The minimum absolute atomic E-state index is 0. The van der Waals surface area contributed by atoms with Gasteiger partial charge in [0.05, 0.1) is 5.69 Å². The Labute approximate surface area is 188 Å². The van der Waals surface area contributed by atoms with Crippen molar-refractivity contribution >= 4 is 18.2 Å². The number of phenols is 1. The third-order valence-electron chi connectivity index (χ3n) is 6.50. The summed E-state index contributed by atoms with van der Waals surface area (Å²) in [5.74, 6) is 1.19. The lowest BCUT2D eigenvalue weighted by molar-refractivity contribution is 0.113. The van der Waals surface area contributed by atoms with Gasteiger partial charge in [-0.3, -0.25) is 4.90 Å². The van der Waals surface area contributed by atoms with Crippen molar-refractivity contribution in [3.05, 3.63) is 60.2 Å². The van der Waals surface area contributed by atoms with Crippen molar-refractivity contribution in [3.63, 3.8) is 0 Å². The number of para-hydroxylation sites is 1. The number of hydrogen-bond donors (Lipinski definition) is 3. The lowest BCUT2D eigenvalue weighted by Crippen LogP contribution is -2.58. The summed E-state index contributed by atoms with van der Waals surface area (Å²) in [7, 11) is 0. The number of phenolic OH excluding ortho intramolecular Hbond substituents is 1. The van der Waals surface area contributed by atoms with Crippen LogP contribution in [0.2, 0.25) is 0 Å². The number of benzene rings is 2. The molecule has 2 fully saturated rings. The predicted octanol–water partition coefficient (Wildman–Crippen LogP) is 3.67. The molecule has 0 bridgehead atoms. The van der Waals surface area contributed by atoms with E-state index in [1.165, 1.54) is 31.5 Å². The van der Waals surface area contributed by atoms with Gasteiger partial charge in [-0.25, -0.2) is 0 Å². The monoisotopic (exact) mass is 437 g/mol. The molecule has 2 saturated heterocycles. The van der Waals surface area contributed by atoms with Crippen molar-refractivity contribution in [1.29, 1.82) is 0 Å². The number of nitrogens with one attached hydrogen (secondary N) is 1. The number of piperidine rings is 1. The second kappa shape index (κ2) is 9.22. The van der Waals surface area contributed by atoms with E-state index in [1.54, 1.807) is 12.1 Å². The summed E-state index contributed by atoms with van der Waals surface area (Å²) in [5, 5.41) is 21.8. The van der Waals surface area contributed by atoms with Crippen LogP contribution in [0.25, 0.3) is 22.4 Å². The molecule has 6 nitrogen and oxygen atoms in total. The van der Waals surface area contributed by atoms with Gasteiger partial charge in [0.2, 0.25) is 0 Å². The third-order valence-corrected chi connectivity index (χ3v) is 6.50. The van der Waals surface area contributed by atoms with Gasteiger partial charge < -0.3 is 16.2 Å². The van der Waals surface area contributed by atoms with E-state index in [0.717, 1.165) is 30.3 Å². The molecular weight excluding hydrogens is 410 g/mol. The number of nitrogens with two attached hydrogens (primary N) is 1. The van der Waals surface area contributed by atoms with Crippen LogP contribution in [0.5, 0.6) is 5.75 Å². The second-order valence-corrected chi connectivity index (χ2v) is 8.29. The number of anilines is 1. The molecule has 1 aromatic heterocycles. The normalized spacial score (nSPS) is 17.7. The summed E-state index contributed by atoms with van der Waals surface area (Å²) >= 11 is 0. The van der Waals surface area contributed by atoms with Crippen molar-refractivity contribution in [2.24, 2.45) is 0 Å². The molecule has 0 unspecified atom stereocenters. The Morgan fingerprint density at radius 2 is 1.65 bits per heavy atom. The molecule has 7 heteroatoms. The summed E-state index contributed by atoms with van der Waals surface area (Å²) in [6.07, 6.45) is 2.43. The van der Waals surface area contributed by atoms with Gasteiger partial charge in [0.1, 0.15) is 5.75 Å². The summed E-state index contributed by atoms with van der Waals surface area (Å²) in [5.41, 5.74) is 10.6. The maximum atomic E-state index is 10.1. The van der Waals surface area contributed by atoms with Gasteiger partial charge in [0.15, 0.2) is 5.82 Å². The standard InChI is InChI=1S/C24H27N5O.ClH/c25-24-21(13-22(27-28-24)20-3-1-2-4-23(20)30)18-7-5-16(6-8-18)17-9-11-29(12-10-17)19-14-26-15-19;/h1-8,13,17,19,26,30H,9-12,14-15H2,(H2,25,28);1H. The summed E-state index contributed by atoms with van der Waals surface area (Å²) in [6.45, 7) is 4.65. The molecule has 0 aliphatic carbocycles. The van der Waals surface area contributed by atoms with Crippen LogP contribution in [0.4, 0.5) is 5.82 Å². The highest BCUT2D eigenvalue weighted by molar-refractivity contribution is 5.85. The molecule has 162 valence electrons. The lowest BCUT2D eigenvalue weighted by atomic mass is 9.87. The predicted molar refractivity (Wildman–Crippen MR) is 126 cm³/mol. The van der Waals surface area contributed by atoms with E-state index in [1.807, 2.05) is 18.2 Å². The fraction of sp³-hybridized carbons (Fsp3) is 0.333. The summed E-state index contributed by atoms with van der Waals surface area (Å²) in [6, 6.07) is 18.5. The third kappa shape index (κ3) is 4.37. The number of nitrogen functional groups attached to an aromatic ring is 1. The van der Waals surface area contributed by atoms with E-state index >= 15 is 0 Å². The van der Waals surface area contributed by atoms with Crippen LogP contribution >= 0.6 is 12.4 Å². The zero-order valence-corrected chi connectivity index (χ0v) is 18.2. The maximum Gasteiger partial charge on any atom is 0.154 e. The molecule has 0 saturated carbocycles. The SMILES string of the molecule is Cl.Nc1nnc(-c2ccccc2O)cc1-c1ccc(C2CCN(C3CNC3)CC2)cc1. The van der Waals surface area contributed by atoms with Crippen LogP contribution in [0.15, 0.2) is 54.6 Å². The van der Waals surface area contributed by atoms with Gasteiger partial charge in [0.25, 0.3) is 0 Å². The van der Waals surface area contributed by atoms with Gasteiger partial charge in [-0.2, -0.15) is 0 Å². The van der Waals surface area contributed by atoms with E-state index in [0.29, 0.717) is 23.0 Å². The van der Waals surface area contributed by atoms with Crippen molar-refractivity contribution in [3.8, 4) is 28.1 Å². The molecule has 4 N–H and O–H groups in total. The van der Waals surface area contributed by atoms with Gasteiger partial charge in [-0.05, 0) is 61.2 Å². The molecule has 2 aromatic carbocycles. The number of likely N-dealkylation sites (tertiary alicyclic amines) is 1. The number of rotatable bonds is 4. The second-order valence-electron chi connectivity index (χ2n) is 8.29. The molecule has 0 amide bonds. The Morgan fingerprint density at radius 3 is 2.29 bits per heavy atom. The first-order valence-corrected chi connectivity index (χ1v) is 10.7. The van der Waals surface area contributed by atoms with E-state index in [2.05, 4.69) is 44.7 Å². The molecule has 2 aliphatic rings. The van der Waals surface area contributed by atoms with Crippen molar-refractivity contribution in [2.75, 3.05) is 31.9 Å². The highest BCUT2D eigenvalue weighted by atomic mass is 35.5. The quantitative estimate of drug-likeness (QED) is 0.577. The van der Waals surface area contributed by atoms with E-state index in [9.17, 15) is 5.11 Å². The number of nitrogens with zero attached hydrogens (tertiary/aromatic N) is 3. The van der Waals surface area contributed by atoms with Gasteiger partial charge in [0, 0.05) is 30.3 Å². The Morgan fingerprint density at radius 1 is 0.935 bits per heavy atom. The number of halogens is 1. The smallest absolute Gasteiger partial charge is 0.154 e. The Kier molecular flexibility index (Phi) is 6.41. The minimum Gasteiger partial charge on any atom is -0.507 e. The molecular formula is C24H28ClN5O. The first kappa shape index (κ1) is 21.6. The average molecular weight is 438 g/mol. The molecule has 5 rings (SSSR count). The Hall–Kier alpha value is -2.67. The van der Waals surface area contributed by atoms with Gasteiger partial charge >= 0.3 is 0 Å². The zero-order chi connectivity index (χ0) is 20.5. The molecule has 31 heavy (non-hydrogen) atoms. The van der Waals surface area contributed by atoms with E-state index < -0.39 is 0 Å². The molecule has 0 radical (unpaired) electrons. The van der Waals surface area contributed by atoms with Crippen LogP contribution in [-0.4, -0.2) is 52.4 Å². The summed E-state index contributed by atoms with van der Waals surface area (Å²) in [4.78, 5) is 2.63. The molecule has 3 aromatic rings. The van der Waals surface area contributed by atoms with E-state index in [4.69, 9.17) is 5.73 Å². The van der Waals surface area contributed by atoms with Crippen molar-refractivity contribution < 1.29 is 5.11 Å². The first-order valence-electron chi connectivity index (χ1n) is 10.7. The topological polar surface area (TPSA) is 87.3 Å². The number of aromatic hydroxyl groups is 1.